The quantitative estimate of drug-likeness (QED) is 0.252. The number of aryl methyl sites for hydroxylation is 2. The van der Waals surface area contributed by atoms with Gasteiger partial charge in [0.05, 0.1) is 16.8 Å². The molecule has 5 aromatic rings. The van der Waals surface area contributed by atoms with E-state index in [0.717, 1.165) is 39.7 Å². The van der Waals surface area contributed by atoms with Gasteiger partial charge in [-0.1, -0.05) is 42.5 Å². The molecule has 0 saturated heterocycles. The fraction of sp³-hybridized carbons (Fsp3) is 0.207. The van der Waals surface area contributed by atoms with E-state index < -0.39 is 9.84 Å². The Morgan fingerprint density at radius 2 is 1.72 bits per heavy atom. The number of fused-ring (bicyclic) bond motifs is 1. The standard InChI is InChI=1S/C29H31N7O2S/c1-35(24-12-13-26-25(19-24)33-29(36(26)2)31-20-22-8-5-4-6-9-22)27-14-16-30-28(34-27)32-23-11-7-10-21(18-23)15-17-39(3,37)38/h4-14,16,18-19H,15,17,20H2,1-3H3,(H,31,33)(H,30,32,34). The van der Waals surface area contributed by atoms with Crippen LogP contribution in [0.1, 0.15) is 11.1 Å². The fourth-order valence-corrected chi connectivity index (χ4v) is 4.90. The molecule has 2 heterocycles. The third-order valence-electron chi connectivity index (χ3n) is 6.47. The van der Waals surface area contributed by atoms with Crippen molar-refractivity contribution in [3.63, 3.8) is 0 Å². The molecule has 9 nitrogen and oxygen atoms in total. The van der Waals surface area contributed by atoms with Gasteiger partial charge in [0.2, 0.25) is 11.9 Å². The van der Waals surface area contributed by atoms with Gasteiger partial charge < -0.3 is 20.1 Å². The second-order valence-electron chi connectivity index (χ2n) is 9.51. The third-order valence-corrected chi connectivity index (χ3v) is 7.42. The Morgan fingerprint density at radius 1 is 0.923 bits per heavy atom. The van der Waals surface area contributed by atoms with Crippen LogP contribution < -0.4 is 15.5 Å². The lowest BCUT2D eigenvalue weighted by Gasteiger charge is -2.19. The molecule has 0 bridgehead atoms. The molecule has 39 heavy (non-hydrogen) atoms. The highest BCUT2D eigenvalue weighted by Gasteiger charge is 2.13. The third kappa shape index (κ3) is 6.53. The van der Waals surface area contributed by atoms with Crippen molar-refractivity contribution < 1.29 is 8.42 Å². The zero-order chi connectivity index (χ0) is 27.4. The van der Waals surface area contributed by atoms with Crippen LogP contribution in [0.2, 0.25) is 0 Å². The van der Waals surface area contributed by atoms with E-state index in [1.807, 2.05) is 79.7 Å². The maximum atomic E-state index is 11.5. The van der Waals surface area contributed by atoms with Crippen LogP contribution in [0.5, 0.6) is 0 Å². The Kier molecular flexibility index (Phi) is 7.47. The minimum Gasteiger partial charge on any atom is -0.352 e. The predicted octanol–water partition coefficient (Wildman–Crippen LogP) is 5.07. The van der Waals surface area contributed by atoms with E-state index in [9.17, 15) is 8.42 Å². The molecule has 0 amide bonds. The number of sulfone groups is 1. The molecule has 0 aliphatic rings. The van der Waals surface area contributed by atoms with Gasteiger partial charge in [-0.25, -0.2) is 18.4 Å². The summed E-state index contributed by atoms with van der Waals surface area (Å²) < 4.78 is 25.1. The van der Waals surface area contributed by atoms with Gasteiger partial charge in [0.1, 0.15) is 15.7 Å². The Bertz CT molecular complexity index is 1700. The highest BCUT2D eigenvalue weighted by molar-refractivity contribution is 7.90. The molecular weight excluding hydrogens is 510 g/mol. The Balaban J connectivity index is 1.31. The van der Waals surface area contributed by atoms with E-state index in [1.165, 1.54) is 11.8 Å². The Labute approximate surface area is 228 Å². The molecule has 5 rings (SSSR count). The number of benzene rings is 3. The van der Waals surface area contributed by atoms with Crippen LogP contribution in [0.4, 0.5) is 29.1 Å². The lowest BCUT2D eigenvalue weighted by atomic mass is 10.1. The summed E-state index contributed by atoms with van der Waals surface area (Å²) in [6.07, 6.45) is 3.41. The molecule has 200 valence electrons. The minimum atomic E-state index is -3.03. The normalized spacial score (nSPS) is 11.5. The number of aromatic nitrogens is 4. The number of hydrogen-bond acceptors (Lipinski definition) is 8. The summed E-state index contributed by atoms with van der Waals surface area (Å²) in [6.45, 7) is 0.697. The molecule has 0 aliphatic heterocycles. The lowest BCUT2D eigenvalue weighted by Crippen LogP contribution is -2.12. The van der Waals surface area contributed by atoms with E-state index in [-0.39, 0.29) is 5.75 Å². The van der Waals surface area contributed by atoms with Crippen LogP contribution in [0.25, 0.3) is 11.0 Å². The van der Waals surface area contributed by atoms with Crippen molar-refractivity contribution in [1.82, 2.24) is 19.5 Å². The topological polar surface area (TPSA) is 105 Å². The molecule has 0 unspecified atom stereocenters. The van der Waals surface area contributed by atoms with Gasteiger partial charge in [-0.05, 0) is 53.9 Å². The largest absolute Gasteiger partial charge is 0.352 e. The van der Waals surface area contributed by atoms with Crippen molar-refractivity contribution >= 4 is 50.0 Å². The summed E-state index contributed by atoms with van der Waals surface area (Å²) in [5, 5.41) is 6.66. The number of imidazole rings is 1. The molecule has 0 saturated carbocycles. The molecule has 0 atom stereocenters. The van der Waals surface area contributed by atoms with Crippen LogP contribution in [0.15, 0.2) is 85.1 Å². The zero-order valence-electron chi connectivity index (χ0n) is 22.2. The van der Waals surface area contributed by atoms with Crippen molar-refractivity contribution in [2.75, 3.05) is 34.6 Å². The van der Waals surface area contributed by atoms with Crippen molar-refractivity contribution in [1.29, 1.82) is 0 Å². The van der Waals surface area contributed by atoms with Crippen molar-refractivity contribution in [2.45, 2.75) is 13.0 Å². The summed E-state index contributed by atoms with van der Waals surface area (Å²) in [7, 11) is 0.934. The number of anilines is 5. The van der Waals surface area contributed by atoms with Crippen LogP contribution in [-0.2, 0) is 29.9 Å². The summed E-state index contributed by atoms with van der Waals surface area (Å²) in [6, 6.07) is 25.9. The first kappa shape index (κ1) is 26.2. The minimum absolute atomic E-state index is 0.110. The van der Waals surface area contributed by atoms with Crippen molar-refractivity contribution in [3.05, 3.63) is 96.2 Å². The van der Waals surface area contributed by atoms with Crippen LogP contribution >= 0.6 is 0 Å². The number of hydrogen-bond donors (Lipinski definition) is 2. The monoisotopic (exact) mass is 541 g/mol. The molecule has 10 heteroatoms. The van der Waals surface area contributed by atoms with E-state index >= 15 is 0 Å². The number of rotatable bonds is 10. The molecule has 0 spiro atoms. The first-order chi connectivity index (χ1) is 18.7. The average molecular weight is 542 g/mol. The molecule has 2 N–H and O–H groups in total. The maximum Gasteiger partial charge on any atom is 0.229 e. The molecule has 3 aromatic carbocycles. The summed E-state index contributed by atoms with van der Waals surface area (Å²) in [5.41, 5.74) is 5.78. The van der Waals surface area contributed by atoms with Crippen molar-refractivity contribution in [2.24, 2.45) is 7.05 Å². The van der Waals surface area contributed by atoms with Crippen LogP contribution in [0.3, 0.4) is 0 Å². The van der Waals surface area contributed by atoms with Gasteiger partial charge in [-0.15, -0.1) is 0 Å². The molecule has 2 aromatic heterocycles. The predicted molar refractivity (Wildman–Crippen MR) is 158 cm³/mol. The smallest absolute Gasteiger partial charge is 0.229 e. The summed E-state index contributed by atoms with van der Waals surface area (Å²) >= 11 is 0. The van der Waals surface area contributed by atoms with Gasteiger partial charge in [0, 0.05) is 44.5 Å². The average Bonchev–Trinajstić information content (AvgIpc) is 3.25. The van der Waals surface area contributed by atoms with E-state index in [0.29, 0.717) is 18.9 Å². The summed E-state index contributed by atoms with van der Waals surface area (Å²) in [5.74, 6) is 2.09. The SMILES string of the molecule is CN(c1ccc2c(c1)nc(NCc1ccccc1)n2C)c1ccnc(Nc2cccc(CCS(C)(=O)=O)c2)n1. The molecular formula is C29H31N7O2S. The van der Waals surface area contributed by atoms with Gasteiger partial charge in [-0.2, -0.15) is 4.98 Å². The second kappa shape index (κ2) is 11.1. The Morgan fingerprint density at radius 3 is 2.51 bits per heavy atom. The van der Waals surface area contributed by atoms with Gasteiger partial charge >= 0.3 is 0 Å². The van der Waals surface area contributed by atoms with Gasteiger partial charge in [0.25, 0.3) is 0 Å². The van der Waals surface area contributed by atoms with Crippen LogP contribution in [0, 0.1) is 0 Å². The zero-order valence-corrected chi connectivity index (χ0v) is 23.0. The van der Waals surface area contributed by atoms with Crippen molar-refractivity contribution in [3.8, 4) is 0 Å². The maximum absolute atomic E-state index is 11.5. The highest BCUT2D eigenvalue weighted by Crippen LogP contribution is 2.28. The number of nitrogens with one attached hydrogen (secondary N) is 2. The lowest BCUT2D eigenvalue weighted by molar-refractivity contribution is 0.601. The molecule has 0 fully saturated rings. The highest BCUT2D eigenvalue weighted by atomic mass is 32.2. The molecule has 0 aliphatic carbocycles. The first-order valence-corrected chi connectivity index (χ1v) is 14.7. The van der Waals surface area contributed by atoms with E-state index in [4.69, 9.17) is 9.97 Å². The van der Waals surface area contributed by atoms with Crippen LogP contribution in [-0.4, -0.2) is 47.0 Å². The summed E-state index contributed by atoms with van der Waals surface area (Å²) in [4.78, 5) is 15.9. The van der Waals surface area contributed by atoms with Gasteiger partial charge in [-0.3, -0.25) is 0 Å². The number of nitrogens with zero attached hydrogens (tertiary/aromatic N) is 5. The Hall–Kier alpha value is -4.44. The first-order valence-electron chi connectivity index (χ1n) is 12.6. The van der Waals surface area contributed by atoms with E-state index in [1.54, 1.807) is 6.20 Å². The molecule has 0 radical (unpaired) electrons. The fourth-order valence-electron chi connectivity index (χ4n) is 4.30. The van der Waals surface area contributed by atoms with E-state index in [2.05, 4.69) is 38.4 Å². The van der Waals surface area contributed by atoms with Gasteiger partial charge in [0.15, 0.2) is 0 Å². The second-order valence-corrected chi connectivity index (χ2v) is 11.8.